The second-order valence-electron chi connectivity index (χ2n) is 8.73. The molecule has 0 unspecified atom stereocenters. The smallest absolute Gasteiger partial charge is 0.326 e. The van der Waals surface area contributed by atoms with E-state index in [0.717, 1.165) is 35.5 Å². The van der Waals surface area contributed by atoms with Crippen molar-refractivity contribution in [2.45, 2.75) is 65.0 Å². The number of amides is 3. The summed E-state index contributed by atoms with van der Waals surface area (Å²) < 4.78 is 5.10. The number of carbonyl (C=O) groups is 3. The average molecular weight is 438 g/mol. The predicted octanol–water partition coefficient (Wildman–Crippen LogP) is 3.62. The van der Waals surface area contributed by atoms with Gasteiger partial charge in [-0.25, -0.2) is 4.79 Å². The van der Waals surface area contributed by atoms with Crippen molar-refractivity contribution in [2.24, 2.45) is 11.3 Å². The molecule has 1 aromatic rings. The summed E-state index contributed by atoms with van der Waals surface area (Å²) in [5.74, 6) is -0.611. The Morgan fingerprint density at radius 1 is 1.40 bits per heavy atom. The third kappa shape index (κ3) is 4.33. The van der Waals surface area contributed by atoms with Crippen LogP contribution in [0.3, 0.4) is 0 Å². The lowest BCUT2D eigenvalue weighted by molar-refractivity contribution is -0.380. The Bertz CT molecular complexity index is 856. The van der Waals surface area contributed by atoms with E-state index in [1.54, 1.807) is 0 Å². The van der Waals surface area contributed by atoms with E-state index in [1.807, 2.05) is 0 Å². The lowest BCUT2D eigenvalue weighted by Crippen LogP contribution is -2.51. The van der Waals surface area contributed by atoms with Gasteiger partial charge < -0.3 is 10.1 Å². The number of nitrogens with one attached hydrogen (secondary N) is 1. The number of esters is 1. The number of ether oxygens (including phenoxy) is 1. The monoisotopic (exact) mass is 437 g/mol. The lowest BCUT2D eigenvalue weighted by atomic mass is 9.65. The van der Waals surface area contributed by atoms with Crippen molar-refractivity contribution in [2.75, 3.05) is 6.54 Å². The third-order valence-electron chi connectivity index (χ3n) is 6.61. The highest BCUT2D eigenvalue weighted by atomic mass is 32.1. The van der Waals surface area contributed by atoms with E-state index in [4.69, 9.17) is 4.74 Å². The molecule has 2 heterocycles. The van der Waals surface area contributed by atoms with Crippen LogP contribution in [0.15, 0.2) is 11.4 Å². The van der Waals surface area contributed by atoms with Gasteiger partial charge in [-0.2, -0.15) is 0 Å². The number of hydrogen-bond acceptors (Lipinski definition) is 7. The molecule has 164 valence electrons. The summed E-state index contributed by atoms with van der Waals surface area (Å²) in [7, 11) is 0. The van der Waals surface area contributed by atoms with Gasteiger partial charge in [0, 0.05) is 17.0 Å². The standard InChI is InChI=1S/C20H27N3O6S/c1-4-19(2,3)14-5-7-20(8-6-14)17(25)22(18(26)21-20)10-16(24)29-11-13-9-15(23(27)28)30-12-13/h9,12,14H,4-8,10-11H2,1-3H3,(H,21,26). The molecule has 0 aromatic carbocycles. The molecular formula is C20H27N3O6S. The van der Waals surface area contributed by atoms with Crippen LogP contribution in [0.5, 0.6) is 0 Å². The van der Waals surface area contributed by atoms with Crippen LogP contribution in [0, 0.1) is 21.4 Å². The zero-order valence-corrected chi connectivity index (χ0v) is 18.3. The van der Waals surface area contributed by atoms with Crippen LogP contribution >= 0.6 is 11.3 Å². The van der Waals surface area contributed by atoms with Crippen molar-refractivity contribution in [1.29, 1.82) is 0 Å². The van der Waals surface area contributed by atoms with Crippen LogP contribution in [-0.2, 0) is 20.9 Å². The molecule has 1 saturated heterocycles. The van der Waals surface area contributed by atoms with Crippen molar-refractivity contribution in [1.82, 2.24) is 10.2 Å². The number of rotatable bonds is 7. The van der Waals surface area contributed by atoms with E-state index in [-0.39, 0.29) is 22.9 Å². The summed E-state index contributed by atoms with van der Waals surface area (Å²) >= 11 is 0.942. The largest absolute Gasteiger partial charge is 0.459 e. The van der Waals surface area contributed by atoms with Crippen molar-refractivity contribution >= 4 is 34.2 Å². The van der Waals surface area contributed by atoms with Gasteiger partial charge in [-0.15, -0.1) is 0 Å². The Morgan fingerprint density at radius 3 is 2.63 bits per heavy atom. The molecule has 9 nitrogen and oxygen atoms in total. The van der Waals surface area contributed by atoms with Gasteiger partial charge in [-0.1, -0.05) is 38.5 Å². The lowest BCUT2D eigenvalue weighted by Gasteiger charge is -2.42. The van der Waals surface area contributed by atoms with Crippen molar-refractivity contribution in [3.63, 3.8) is 0 Å². The average Bonchev–Trinajstić information content (AvgIpc) is 3.27. The first kappa shape index (κ1) is 22.2. The van der Waals surface area contributed by atoms with Gasteiger partial charge in [-0.3, -0.25) is 24.6 Å². The van der Waals surface area contributed by atoms with Gasteiger partial charge in [0.2, 0.25) is 0 Å². The minimum absolute atomic E-state index is 0.0426. The molecule has 1 aliphatic carbocycles. The zero-order chi connectivity index (χ0) is 22.1. The highest BCUT2D eigenvalue weighted by molar-refractivity contribution is 7.13. The van der Waals surface area contributed by atoms with E-state index < -0.39 is 29.0 Å². The molecule has 3 amide bonds. The summed E-state index contributed by atoms with van der Waals surface area (Å²) in [6.45, 7) is 6.01. The zero-order valence-electron chi connectivity index (χ0n) is 17.4. The molecule has 30 heavy (non-hydrogen) atoms. The van der Waals surface area contributed by atoms with E-state index in [0.29, 0.717) is 24.3 Å². The first-order valence-electron chi connectivity index (χ1n) is 10.1. The Balaban J connectivity index is 1.56. The fraction of sp³-hybridized carbons (Fsp3) is 0.650. The van der Waals surface area contributed by atoms with E-state index in [2.05, 4.69) is 26.1 Å². The number of nitrogens with zero attached hydrogens (tertiary/aromatic N) is 2. The maximum atomic E-state index is 13.0. The maximum absolute atomic E-state index is 13.0. The highest BCUT2D eigenvalue weighted by Crippen LogP contribution is 2.45. The van der Waals surface area contributed by atoms with E-state index in [9.17, 15) is 24.5 Å². The first-order valence-corrected chi connectivity index (χ1v) is 11.0. The summed E-state index contributed by atoms with van der Waals surface area (Å²) in [6, 6.07) is 0.757. The molecule has 2 fully saturated rings. The number of urea groups is 1. The second kappa shape index (κ2) is 8.33. The van der Waals surface area contributed by atoms with Crippen LogP contribution in [-0.4, -0.2) is 39.8 Å². The number of hydrogen-bond donors (Lipinski definition) is 1. The third-order valence-corrected chi connectivity index (χ3v) is 7.54. The van der Waals surface area contributed by atoms with Crippen LogP contribution in [0.2, 0.25) is 0 Å². The van der Waals surface area contributed by atoms with Crippen LogP contribution in [0.1, 0.15) is 58.4 Å². The Morgan fingerprint density at radius 2 is 2.07 bits per heavy atom. The van der Waals surface area contributed by atoms with Gasteiger partial charge in [-0.05, 0) is 37.0 Å². The molecule has 2 aliphatic rings. The van der Waals surface area contributed by atoms with Crippen LogP contribution in [0.25, 0.3) is 0 Å². The molecule has 1 aliphatic heterocycles. The topological polar surface area (TPSA) is 119 Å². The predicted molar refractivity (Wildman–Crippen MR) is 110 cm³/mol. The maximum Gasteiger partial charge on any atom is 0.326 e. The summed E-state index contributed by atoms with van der Waals surface area (Å²) in [5.41, 5.74) is -0.246. The summed E-state index contributed by atoms with van der Waals surface area (Å²) in [5, 5.41) is 15.0. The quantitative estimate of drug-likeness (QED) is 0.301. The van der Waals surface area contributed by atoms with Crippen molar-refractivity contribution in [3.8, 4) is 0 Å². The first-order chi connectivity index (χ1) is 14.1. The Kier molecular flexibility index (Phi) is 6.16. The molecular weight excluding hydrogens is 410 g/mol. The SMILES string of the molecule is CCC(C)(C)C1CCC2(CC1)NC(=O)N(CC(=O)OCc1csc([N+](=O)[O-])c1)C2=O. The summed E-state index contributed by atoms with van der Waals surface area (Å²) in [6.07, 6.45) is 3.88. The van der Waals surface area contributed by atoms with Gasteiger partial charge in [0.25, 0.3) is 5.91 Å². The van der Waals surface area contributed by atoms with Gasteiger partial charge >= 0.3 is 17.0 Å². The normalized spacial score (nSPS) is 24.2. The molecule has 10 heteroatoms. The van der Waals surface area contributed by atoms with Gasteiger partial charge in [0.1, 0.15) is 18.7 Å². The highest BCUT2D eigenvalue weighted by Gasteiger charge is 2.53. The molecule has 3 rings (SSSR count). The van der Waals surface area contributed by atoms with E-state index >= 15 is 0 Å². The molecule has 1 saturated carbocycles. The molecule has 1 N–H and O–H groups in total. The van der Waals surface area contributed by atoms with Crippen LogP contribution in [0.4, 0.5) is 9.80 Å². The number of thiophene rings is 1. The minimum Gasteiger partial charge on any atom is -0.459 e. The fourth-order valence-electron chi connectivity index (χ4n) is 4.21. The Hall–Kier alpha value is -2.49. The molecule has 0 atom stereocenters. The molecule has 1 aromatic heterocycles. The molecule has 0 radical (unpaired) electrons. The second-order valence-corrected chi connectivity index (χ2v) is 9.62. The fourth-order valence-corrected chi connectivity index (χ4v) is 4.93. The number of imide groups is 1. The van der Waals surface area contributed by atoms with Gasteiger partial charge in [0.15, 0.2) is 0 Å². The Labute approximate surface area is 178 Å². The molecule has 1 spiro atoms. The summed E-state index contributed by atoms with van der Waals surface area (Å²) in [4.78, 5) is 48.7. The molecule has 0 bridgehead atoms. The van der Waals surface area contributed by atoms with Crippen molar-refractivity contribution < 1.29 is 24.0 Å². The number of carbonyl (C=O) groups excluding carboxylic acids is 3. The van der Waals surface area contributed by atoms with Crippen LogP contribution < -0.4 is 5.32 Å². The van der Waals surface area contributed by atoms with Gasteiger partial charge in [0.05, 0.1) is 4.92 Å². The number of nitro groups is 1. The minimum atomic E-state index is -0.925. The van der Waals surface area contributed by atoms with E-state index in [1.165, 1.54) is 11.4 Å². The van der Waals surface area contributed by atoms with Crippen molar-refractivity contribution in [3.05, 3.63) is 27.1 Å².